The van der Waals surface area contributed by atoms with Crippen LogP contribution in [0.3, 0.4) is 0 Å². The summed E-state index contributed by atoms with van der Waals surface area (Å²) in [6.07, 6.45) is 0.632. The molecule has 0 radical (unpaired) electrons. The third kappa shape index (κ3) is 4.19. The van der Waals surface area contributed by atoms with Gasteiger partial charge in [0.2, 0.25) is 0 Å². The first-order valence-corrected chi connectivity index (χ1v) is 6.16. The minimum atomic E-state index is -1.42. The first-order chi connectivity index (χ1) is 4.12. The molecule has 0 atom stereocenters. The molecule has 0 unspecified atom stereocenters. The van der Waals surface area contributed by atoms with Crippen molar-refractivity contribution >= 4 is 8.32 Å². The summed E-state index contributed by atoms with van der Waals surface area (Å²) in [5, 5.41) is 8.24. The largest absolute Gasteiger partial charge is 0.420 e. The Morgan fingerprint density at radius 1 is 1.56 bits per heavy atom. The molecule has 0 saturated carbocycles. The monoisotopic (exact) mass is 143 g/mol. The summed E-state index contributed by atoms with van der Waals surface area (Å²) in [6.45, 7) is 4.23. The van der Waals surface area contributed by atoms with Crippen LogP contribution in [0.2, 0.25) is 19.1 Å². The molecule has 0 bridgehead atoms. The third-order valence-corrected chi connectivity index (χ3v) is 3.95. The zero-order chi connectivity index (χ0) is 7.33. The van der Waals surface area contributed by atoms with Crippen LogP contribution in [0.15, 0.2) is 0 Å². The van der Waals surface area contributed by atoms with Crippen molar-refractivity contribution in [2.24, 2.45) is 0 Å². The first kappa shape index (κ1) is 8.67. The Kier molecular flexibility index (Phi) is 3.51. The molecule has 0 aromatic carbocycles. The molecule has 0 aliphatic heterocycles. The highest BCUT2D eigenvalue weighted by Crippen LogP contribution is 2.10. The molecule has 0 N–H and O–H groups in total. The molecule has 9 heavy (non-hydrogen) atoms. The van der Waals surface area contributed by atoms with E-state index in [1.165, 1.54) is 0 Å². The quantitative estimate of drug-likeness (QED) is 0.564. The Balaban J connectivity index is 3.48. The molecule has 0 saturated heterocycles. The van der Waals surface area contributed by atoms with Gasteiger partial charge in [0.1, 0.15) is 0 Å². The van der Waals surface area contributed by atoms with Gasteiger partial charge >= 0.3 is 0 Å². The lowest BCUT2D eigenvalue weighted by Crippen LogP contribution is -2.27. The number of rotatable bonds is 3. The Bertz CT molecular complexity index is 117. The van der Waals surface area contributed by atoms with Crippen molar-refractivity contribution in [3.63, 3.8) is 0 Å². The van der Waals surface area contributed by atoms with Crippen molar-refractivity contribution in [3.8, 4) is 6.07 Å². The Morgan fingerprint density at radius 2 is 2.11 bits per heavy atom. The van der Waals surface area contributed by atoms with Gasteiger partial charge in [0, 0.05) is 13.5 Å². The molecule has 0 aliphatic carbocycles. The van der Waals surface area contributed by atoms with Gasteiger partial charge in [0.05, 0.1) is 6.07 Å². The SMILES string of the molecule is CO[Si](C)(C)CCC#N. The molecule has 3 heteroatoms. The van der Waals surface area contributed by atoms with Crippen LogP contribution in [0.4, 0.5) is 0 Å². The van der Waals surface area contributed by atoms with Gasteiger partial charge in [-0.3, -0.25) is 0 Å². The Hall–Kier alpha value is -0.333. The summed E-state index contributed by atoms with van der Waals surface area (Å²) in [5.41, 5.74) is 0. The molecule has 0 spiro atoms. The van der Waals surface area contributed by atoms with E-state index in [-0.39, 0.29) is 0 Å². The number of nitriles is 1. The standard InChI is InChI=1S/C6H13NOSi/c1-8-9(2,3)6-4-5-7/h4,6H2,1-3H3. The average molecular weight is 143 g/mol. The van der Waals surface area contributed by atoms with Crippen molar-refractivity contribution in [1.29, 1.82) is 5.26 Å². The molecular formula is C6H13NOSi. The molecule has 0 fully saturated rings. The van der Waals surface area contributed by atoms with E-state index in [9.17, 15) is 0 Å². The summed E-state index contributed by atoms with van der Waals surface area (Å²) >= 11 is 0. The van der Waals surface area contributed by atoms with Gasteiger partial charge in [-0.2, -0.15) is 5.26 Å². The zero-order valence-electron chi connectivity index (χ0n) is 6.27. The minimum Gasteiger partial charge on any atom is -0.420 e. The fourth-order valence-electron chi connectivity index (χ4n) is 0.459. The predicted octanol–water partition coefficient (Wildman–Crippen LogP) is 1.75. The Morgan fingerprint density at radius 3 is 2.44 bits per heavy atom. The number of hydrogen-bond donors (Lipinski definition) is 0. The second-order valence-corrected chi connectivity index (χ2v) is 7.05. The number of nitrogens with zero attached hydrogens (tertiary/aromatic N) is 1. The van der Waals surface area contributed by atoms with E-state index in [0.717, 1.165) is 6.04 Å². The van der Waals surface area contributed by atoms with Gasteiger partial charge in [-0.15, -0.1) is 0 Å². The molecule has 0 amide bonds. The van der Waals surface area contributed by atoms with Crippen LogP contribution in [0.5, 0.6) is 0 Å². The van der Waals surface area contributed by atoms with Crippen LogP contribution >= 0.6 is 0 Å². The van der Waals surface area contributed by atoms with E-state index in [4.69, 9.17) is 9.69 Å². The van der Waals surface area contributed by atoms with Crippen LogP contribution in [0.25, 0.3) is 0 Å². The van der Waals surface area contributed by atoms with Crippen LogP contribution in [0, 0.1) is 11.3 Å². The van der Waals surface area contributed by atoms with Crippen LogP contribution < -0.4 is 0 Å². The maximum absolute atomic E-state index is 8.24. The van der Waals surface area contributed by atoms with Crippen molar-refractivity contribution in [1.82, 2.24) is 0 Å². The van der Waals surface area contributed by atoms with Gasteiger partial charge in [-0.1, -0.05) is 0 Å². The Labute approximate surface area is 57.6 Å². The summed E-state index contributed by atoms with van der Waals surface area (Å²) in [4.78, 5) is 0. The topological polar surface area (TPSA) is 33.0 Å². The van der Waals surface area contributed by atoms with Crippen molar-refractivity contribution in [2.45, 2.75) is 25.6 Å². The van der Waals surface area contributed by atoms with Gasteiger partial charge < -0.3 is 4.43 Å². The smallest absolute Gasteiger partial charge is 0.187 e. The van der Waals surface area contributed by atoms with E-state index in [0.29, 0.717) is 6.42 Å². The van der Waals surface area contributed by atoms with Crippen molar-refractivity contribution < 1.29 is 4.43 Å². The highest BCUT2D eigenvalue weighted by molar-refractivity contribution is 6.71. The lowest BCUT2D eigenvalue weighted by Gasteiger charge is -2.17. The normalized spacial score (nSPS) is 10.9. The molecule has 0 aromatic heterocycles. The highest BCUT2D eigenvalue weighted by atomic mass is 28.4. The summed E-state index contributed by atoms with van der Waals surface area (Å²) < 4.78 is 5.23. The van der Waals surface area contributed by atoms with Crippen molar-refractivity contribution in [3.05, 3.63) is 0 Å². The average Bonchev–Trinajstić information content (AvgIpc) is 1.84. The van der Waals surface area contributed by atoms with E-state index >= 15 is 0 Å². The first-order valence-electron chi connectivity index (χ1n) is 3.04. The fourth-order valence-corrected chi connectivity index (χ4v) is 1.38. The van der Waals surface area contributed by atoms with Gasteiger partial charge in [-0.25, -0.2) is 0 Å². The summed E-state index contributed by atoms with van der Waals surface area (Å²) in [7, 11) is 0.305. The van der Waals surface area contributed by atoms with Gasteiger partial charge in [0.25, 0.3) is 0 Å². The highest BCUT2D eigenvalue weighted by Gasteiger charge is 2.18. The third-order valence-electron chi connectivity index (χ3n) is 1.39. The minimum absolute atomic E-state index is 0.632. The number of hydrogen-bond acceptors (Lipinski definition) is 2. The second-order valence-electron chi connectivity index (χ2n) is 2.62. The van der Waals surface area contributed by atoms with E-state index in [2.05, 4.69) is 19.2 Å². The van der Waals surface area contributed by atoms with Crippen LogP contribution in [-0.4, -0.2) is 15.4 Å². The molecule has 0 heterocycles. The van der Waals surface area contributed by atoms with E-state index in [1.54, 1.807) is 7.11 Å². The van der Waals surface area contributed by atoms with Crippen molar-refractivity contribution in [2.75, 3.05) is 7.11 Å². The van der Waals surface area contributed by atoms with Crippen LogP contribution in [-0.2, 0) is 4.43 Å². The van der Waals surface area contributed by atoms with Crippen LogP contribution in [0.1, 0.15) is 6.42 Å². The predicted molar refractivity (Wildman–Crippen MR) is 39.5 cm³/mol. The van der Waals surface area contributed by atoms with E-state index in [1.807, 2.05) is 0 Å². The van der Waals surface area contributed by atoms with E-state index < -0.39 is 8.32 Å². The zero-order valence-corrected chi connectivity index (χ0v) is 7.27. The molecule has 2 nitrogen and oxygen atoms in total. The molecule has 52 valence electrons. The molecular weight excluding hydrogens is 130 g/mol. The fraction of sp³-hybridized carbons (Fsp3) is 0.833. The van der Waals surface area contributed by atoms with Gasteiger partial charge in [-0.05, 0) is 19.1 Å². The molecule has 0 rings (SSSR count). The summed E-state index contributed by atoms with van der Waals surface area (Å²) in [6, 6.07) is 3.06. The lowest BCUT2D eigenvalue weighted by atomic mass is 10.6. The maximum atomic E-state index is 8.24. The molecule has 0 aromatic rings. The maximum Gasteiger partial charge on any atom is 0.187 e. The lowest BCUT2D eigenvalue weighted by molar-refractivity contribution is 0.404. The second kappa shape index (κ2) is 3.65. The van der Waals surface area contributed by atoms with Gasteiger partial charge in [0.15, 0.2) is 8.32 Å². The summed E-state index contributed by atoms with van der Waals surface area (Å²) in [5.74, 6) is 0. The molecule has 0 aliphatic rings.